The van der Waals surface area contributed by atoms with Crippen LogP contribution in [0, 0.1) is 0 Å². The molecule has 0 heterocycles. The second-order valence-electron chi connectivity index (χ2n) is 3.34. The van der Waals surface area contributed by atoms with Crippen LogP contribution in [0.3, 0.4) is 0 Å². The maximum atomic E-state index is 10.5. The lowest BCUT2D eigenvalue weighted by atomic mass is 10.0. The number of phenolic OH excluding ortho intramolecular Hbond substituents is 1. The van der Waals surface area contributed by atoms with Crippen LogP contribution in [0.2, 0.25) is 10.0 Å². The fourth-order valence-electron chi connectivity index (χ4n) is 1.68. The van der Waals surface area contributed by atoms with Crippen molar-refractivity contribution in [3.63, 3.8) is 0 Å². The molecule has 0 bridgehead atoms. The minimum Gasteiger partial charge on any atom is -0.504 e. The summed E-state index contributed by atoms with van der Waals surface area (Å²) in [5.74, 6) is -0.570. The molecule has 2 N–H and O–H groups in total. The number of carboxylic acid groups (broad SMARTS) is 1. The van der Waals surface area contributed by atoms with Crippen molar-refractivity contribution in [2.75, 3.05) is 0 Å². The van der Waals surface area contributed by atoms with Crippen molar-refractivity contribution in [1.82, 2.24) is 0 Å². The zero-order chi connectivity index (χ0) is 13.2. The molecule has 0 atom stereocenters. The Morgan fingerprint density at radius 3 is 2.12 bits per heavy atom. The fourth-order valence-corrected chi connectivity index (χ4v) is 2.25. The van der Waals surface area contributed by atoms with Gasteiger partial charge in [0.2, 0.25) is 0 Å². The summed E-state index contributed by atoms with van der Waals surface area (Å²) in [6, 6.07) is 0. The molecule has 6 heteroatoms. The largest absolute Gasteiger partial charge is 0.511 e. The molecule has 0 saturated heterocycles. The zero-order valence-corrected chi connectivity index (χ0v) is 10.9. The SMILES string of the molecule is CCc1c(O)c(OC(=O)O)c(Cl)c(Cl)c1CC. The third-order valence-electron chi connectivity index (χ3n) is 2.42. The Hall–Kier alpha value is -1.13. The van der Waals surface area contributed by atoms with E-state index in [0.717, 1.165) is 0 Å². The topological polar surface area (TPSA) is 66.8 Å². The summed E-state index contributed by atoms with van der Waals surface area (Å²) in [6.45, 7) is 3.69. The van der Waals surface area contributed by atoms with Gasteiger partial charge in [0.15, 0.2) is 11.5 Å². The number of hydrogen-bond donors (Lipinski definition) is 2. The summed E-state index contributed by atoms with van der Waals surface area (Å²) < 4.78 is 4.45. The van der Waals surface area contributed by atoms with E-state index in [4.69, 9.17) is 28.3 Å². The van der Waals surface area contributed by atoms with E-state index < -0.39 is 6.16 Å². The van der Waals surface area contributed by atoms with Crippen molar-refractivity contribution in [2.45, 2.75) is 26.7 Å². The first-order chi connectivity index (χ1) is 7.93. The molecule has 0 fully saturated rings. The van der Waals surface area contributed by atoms with Gasteiger partial charge in [-0.1, -0.05) is 37.0 Å². The molecular formula is C11H12Cl2O4. The first kappa shape index (κ1) is 13.9. The minimum atomic E-state index is -1.55. The number of ether oxygens (including phenoxy) is 1. The quantitative estimate of drug-likeness (QED) is 0.650. The van der Waals surface area contributed by atoms with Crippen LogP contribution in [0.25, 0.3) is 0 Å². The molecule has 94 valence electrons. The van der Waals surface area contributed by atoms with Crippen LogP contribution < -0.4 is 4.74 Å². The summed E-state index contributed by atoms with van der Waals surface area (Å²) in [7, 11) is 0. The second kappa shape index (κ2) is 5.47. The van der Waals surface area contributed by atoms with Crippen LogP contribution in [0.15, 0.2) is 0 Å². The van der Waals surface area contributed by atoms with E-state index in [1.807, 2.05) is 13.8 Å². The van der Waals surface area contributed by atoms with Gasteiger partial charge >= 0.3 is 6.16 Å². The first-order valence-corrected chi connectivity index (χ1v) is 5.81. The molecule has 0 aliphatic carbocycles. The number of carbonyl (C=O) groups is 1. The lowest BCUT2D eigenvalue weighted by molar-refractivity contribution is 0.143. The maximum Gasteiger partial charge on any atom is 0.511 e. The number of hydrogen-bond acceptors (Lipinski definition) is 3. The molecule has 0 aromatic heterocycles. The van der Waals surface area contributed by atoms with Gasteiger partial charge in [-0.2, -0.15) is 0 Å². The van der Waals surface area contributed by atoms with Gasteiger partial charge in [-0.25, -0.2) is 4.79 Å². The number of rotatable bonds is 3. The fraction of sp³-hybridized carbons (Fsp3) is 0.364. The highest BCUT2D eigenvalue weighted by atomic mass is 35.5. The zero-order valence-electron chi connectivity index (χ0n) is 9.38. The van der Waals surface area contributed by atoms with Gasteiger partial charge in [0, 0.05) is 5.56 Å². The number of phenols is 1. The first-order valence-electron chi connectivity index (χ1n) is 5.06. The van der Waals surface area contributed by atoms with Crippen LogP contribution in [0.5, 0.6) is 11.5 Å². The third kappa shape index (κ3) is 2.58. The molecule has 0 saturated carbocycles. The second-order valence-corrected chi connectivity index (χ2v) is 4.09. The molecule has 17 heavy (non-hydrogen) atoms. The van der Waals surface area contributed by atoms with Crippen LogP contribution >= 0.6 is 23.2 Å². The summed E-state index contributed by atoms with van der Waals surface area (Å²) in [5.41, 5.74) is 1.26. The van der Waals surface area contributed by atoms with Crippen LogP contribution in [-0.2, 0) is 12.8 Å². The van der Waals surface area contributed by atoms with Gasteiger partial charge in [-0.05, 0) is 18.4 Å². The number of halogens is 2. The highest BCUT2D eigenvalue weighted by Gasteiger charge is 2.22. The predicted molar refractivity (Wildman–Crippen MR) is 65.5 cm³/mol. The van der Waals surface area contributed by atoms with Crippen LogP contribution in [0.4, 0.5) is 4.79 Å². The Morgan fingerprint density at radius 1 is 1.18 bits per heavy atom. The normalized spacial score (nSPS) is 10.4. The van der Waals surface area contributed by atoms with Crippen molar-refractivity contribution in [1.29, 1.82) is 0 Å². The Labute approximate surface area is 109 Å². The predicted octanol–water partition coefficient (Wildman–Crippen LogP) is 3.88. The third-order valence-corrected chi connectivity index (χ3v) is 3.29. The van der Waals surface area contributed by atoms with Gasteiger partial charge < -0.3 is 14.9 Å². The average molecular weight is 279 g/mol. The summed E-state index contributed by atoms with van der Waals surface area (Å²) in [5, 5.41) is 18.6. The summed E-state index contributed by atoms with van der Waals surface area (Å²) >= 11 is 11.9. The van der Waals surface area contributed by atoms with Gasteiger partial charge in [-0.15, -0.1) is 0 Å². The molecule has 0 aliphatic rings. The Kier molecular flexibility index (Phi) is 4.48. The van der Waals surface area contributed by atoms with Gasteiger partial charge in [0.05, 0.1) is 5.02 Å². The minimum absolute atomic E-state index is 0.0828. The number of aromatic hydroxyl groups is 1. The highest BCUT2D eigenvalue weighted by molar-refractivity contribution is 6.43. The van der Waals surface area contributed by atoms with Crippen molar-refractivity contribution in [3.8, 4) is 11.5 Å². The van der Waals surface area contributed by atoms with Gasteiger partial charge in [0.1, 0.15) is 5.02 Å². The van der Waals surface area contributed by atoms with Crippen LogP contribution in [-0.4, -0.2) is 16.4 Å². The van der Waals surface area contributed by atoms with E-state index in [-0.39, 0.29) is 21.5 Å². The number of benzene rings is 1. The molecule has 1 rings (SSSR count). The van der Waals surface area contributed by atoms with Crippen molar-refractivity contribution in [2.24, 2.45) is 0 Å². The molecule has 0 unspecified atom stereocenters. The lowest BCUT2D eigenvalue weighted by Gasteiger charge is -2.15. The van der Waals surface area contributed by atoms with E-state index in [9.17, 15) is 9.90 Å². The molecular weight excluding hydrogens is 267 g/mol. The Bertz CT molecular complexity index is 458. The molecule has 0 spiro atoms. The van der Waals surface area contributed by atoms with Crippen molar-refractivity contribution in [3.05, 3.63) is 21.2 Å². The maximum absolute atomic E-state index is 10.5. The van der Waals surface area contributed by atoms with Crippen LogP contribution in [0.1, 0.15) is 25.0 Å². The molecule has 1 aromatic rings. The van der Waals surface area contributed by atoms with Gasteiger partial charge in [-0.3, -0.25) is 0 Å². The highest BCUT2D eigenvalue weighted by Crippen LogP contribution is 2.45. The summed E-state index contributed by atoms with van der Waals surface area (Å²) in [4.78, 5) is 10.5. The van der Waals surface area contributed by atoms with Gasteiger partial charge in [0.25, 0.3) is 0 Å². The Morgan fingerprint density at radius 2 is 1.71 bits per heavy atom. The molecule has 0 amide bonds. The standard InChI is InChI=1S/C11H12Cl2O4/c1-3-5-6(4-2)9(14)10(17-11(15)16)8(13)7(5)12/h14H,3-4H2,1-2H3,(H,15,16). The molecule has 1 aromatic carbocycles. The monoisotopic (exact) mass is 278 g/mol. The van der Waals surface area contributed by atoms with Crippen molar-refractivity contribution >= 4 is 29.4 Å². The van der Waals surface area contributed by atoms with E-state index in [0.29, 0.717) is 24.0 Å². The molecule has 0 radical (unpaired) electrons. The Balaban J connectivity index is 3.52. The van der Waals surface area contributed by atoms with E-state index in [1.54, 1.807) is 0 Å². The van der Waals surface area contributed by atoms with E-state index >= 15 is 0 Å². The van der Waals surface area contributed by atoms with Crippen molar-refractivity contribution < 1.29 is 19.7 Å². The summed E-state index contributed by atoms with van der Waals surface area (Å²) in [6.07, 6.45) is -0.464. The average Bonchev–Trinajstić information content (AvgIpc) is 2.28. The smallest absolute Gasteiger partial charge is 0.504 e. The molecule has 0 aliphatic heterocycles. The van der Waals surface area contributed by atoms with E-state index in [2.05, 4.69) is 4.74 Å². The molecule has 4 nitrogen and oxygen atoms in total. The van der Waals surface area contributed by atoms with E-state index in [1.165, 1.54) is 0 Å². The lowest BCUT2D eigenvalue weighted by Crippen LogP contribution is -2.06.